The highest BCUT2D eigenvalue weighted by Crippen LogP contribution is 2.26. The number of benzene rings is 3. The molecule has 1 fully saturated rings. The minimum absolute atomic E-state index is 0.691. The second kappa shape index (κ2) is 8.59. The zero-order valence-corrected chi connectivity index (χ0v) is 16.7. The van der Waals surface area contributed by atoms with Crippen molar-refractivity contribution in [1.82, 2.24) is 9.80 Å². The molecule has 3 heteroatoms. The molecule has 1 atom stereocenters. The van der Waals surface area contributed by atoms with Crippen LogP contribution in [0.4, 0.5) is 0 Å². The van der Waals surface area contributed by atoms with E-state index in [1.165, 1.54) is 29.7 Å². The summed E-state index contributed by atoms with van der Waals surface area (Å²) in [5, 5.41) is 0. The first-order valence-corrected chi connectivity index (χ1v) is 9.98. The Morgan fingerprint density at radius 2 is 1.43 bits per heavy atom. The van der Waals surface area contributed by atoms with Crippen LogP contribution in [0.25, 0.3) is 11.1 Å². The van der Waals surface area contributed by atoms with E-state index in [1.807, 2.05) is 42.5 Å². The summed E-state index contributed by atoms with van der Waals surface area (Å²) < 4.78 is 5.88. The third-order valence-corrected chi connectivity index (χ3v) is 5.50. The predicted molar refractivity (Wildman–Crippen MR) is 116 cm³/mol. The summed E-state index contributed by atoms with van der Waals surface area (Å²) >= 11 is 0. The van der Waals surface area contributed by atoms with Gasteiger partial charge >= 0.3 is 0 Å². The molecule has 0 bridgehead atoms. The molecule has 3 nitrogen and oxygen atoms in total. The lowest BCUT2D eigenvalue weighted by molar-refractivity contribution is 0.264. The Bertz CT molecular complexity index is 873. The molecule has 4 rings (SSSR count). The van der Waals surface area contributed by atoms with Crippen LogP contribution in [0.1, 0.15) is 12.0 Å². The number of nitrogens with zero attached hydrogens (tertiary/aromatic N) is 2. The maximum absolute atomic E-state index is 5.88. The van der Waals surface area contributed by atoms with E-state index in [9.17, 15) is 0 Å². The average molecular weight is 373 g/mol. The lowest BCUT2D eigenvalue weighted by Crippen LogP contribution is -2.31. The largest absolute Gasteiger partial charge is 0.457 e. The van der Waals surface area contributed by atoms with Crippen LogP contribution in [0.3, 0.4) is 0 Å². The smallest absolute Gasteiger partial charge is 0.127 e. The predicted octanol–water partition coefficient (Wildman–Crippen LogP) is 5.28. The average Bonchev–Trinajstić information content (AvgIpc) is 3.19. The zero-order valence-electron chi connectivity index (χ0n) is 16.7. The van der Waals surface area contributed by atoms with Gasteiger partial charge in [0.25, 0.3) is 0 Å². The van der Waals surface area contributed by atoms with Crippen LogP contribution >= 0.6 is 0 Å². The summed E-state index contributed by atoms with van der Waals surface area (Å²) in [5.74, 6) is 1.72. The fraction of sp³-hybridized carbons (Fsp3) is 0.280. The molecular weight excluding hydrogens is 344 g/mol. The minimum Gasteiger partial charge on any atom is -0.457 e. The van der Waals surface area contributed by atoms with Crippen LogP contribution < -0.4 is 4.74 Å². The van der Waals surface area contributed by atoms with Gasteiger partial charge in [0.1, 0.15) is 11.5 Å². The first-order chi connectivity index (χ1) is 13.7. The number of hydrogen-bond donors (Lipinski definition) is 0. The van der Waals surface area contributed by atoms with E-state index in [0.29, 0.717) is 6.04 Å². The van der Waals surface area contributed by atoms with Crippen molar-refractivity contribution in [2.75, 3.05) is 27.2 Å². The van der Waals surface area contributed by atoms with Gasteiger partial charge in [-0.15, -0.1) is 0 Å². The van der Waals surface area contributed by atoms with E-state index in [4.69, 9.17) is 4.74 Å². The van der Waals surface area contributed by atoms with Crippen LogP contribution in [-0.4, -0.2) is 43.0 Å². The van der Waals surface area contributed by atoms with Crippen molar-refractivity contribution < 1.29 is 4.74 Å². The number of ether oxygens (including phenoxy) is 1. The molecule has 1 saturated heterocycles. The molecule has 3 aromatic carbocycles. The number of rotatable bonds is 6. The van der Waals surface area contributed by atoms with Crippen molar-refractivity contribution in [3.63, 3.8) is 0 Å². The summed E-state index contributed by atoms with van der Waals surface area (Å²) in [7, 11) is 4.36. The van der Waals surface area contributed by atoms with Crippen molar-refractivity contribution in [3.05, 3.63) is 84.4 Å². The molecule has 0 N–H and O–H groups in total. The molecule has 28 heavy (non-hydrogen) atoms. The molecule has 1 heterocycles. The summed E-state index contributed by atoms with van der Waals surface area (Å²) in [4.78, 5) is 4.89. The van der Waals surface area contributed by atoms with Gasteiger partial charge in [-0.05, 0) is 61.5 Å². The van der Waals surface area contributed by atoms with E-state index in [1.54, 1.807) is 0 Å². The van der Waals surface area contributed by atoms with E-state index in [-0.39, 0.29) is 0 Å². The van der Waals surface area contributed by atoms with Crippen LogP contribution in [0.15, 0.2) is 78.9 Å². The molecule has 1 unspecified atom stereocenters. The molecule has 0 amide bonds. The molecular formula is C25H28N2O. The number of likely N-dealkylation sites (N-methyl/N-ethyl adjacent to an activating group) is 1. The van der Waals surface area contributed by atoms with Crippen LogP contribution in [0.2, 0.25) is 0 Å². The van der Waals surface area contributed by atoms with Gasteiger partial charge in [-0.25, -0.2) is 0 Å². The van der Waals surface area contributed by atoms with E-state index >= 15 is 0 Å². The minimum atomic E-state index is 0.691. The Kier molecular flexibility index (Phi) is 5.75. The second-order valence-electron chi connectivity index (χ2n) is 7.78. The molecule has 1 aliphatic rings. The summed E-state index contributed by atoms with van der Waals surface area (Å²) in [6.45, 7) is 3.39. The first-order valence-electron chi connectivity index (χ1n) is 9.98. The van der Waals surface area contributed by atoms with Crippen molar-refractivity contribution in [2.45, 2.75) is 19.0 Å². The summed E-state index contributed by atoms with van der Waals surface area (Å²) in [5.41, 5.74) is 3.83. The Morgan fingerprint density at radius 1 is 0.821 bits per heavy atom. The van der Waals surface area contributed by atoms with Gasteiger partial charge in [0.2, 0.25) is 0 Å². The Balaban J connectivity index is 1.37. The molecule has 3 aromatic rings. The molecule has 0 radical (unpaired) electrons. The fourth-order valence-electron chi connectivity index (χ4n) is 3.78. The highest BCUT2D eigenvalue weighted by Gasteiger charge is 2.23. The highest BCUT2D eigenvalue weighted by molar-refractivity contribution is 5.64. The molecule has 0 saturated carbocycles. The summed E-state index contributed by atoms with van der Waals surface area (Å²) in [6.07, 6.45) is 1.27. The van der Waals surface area contributed by atoms with Crippen LogP contribution in [0.5, 0.6) is 11.5 Å². The van der Waals surface area contributed by atoms with Crippen LogP contribution in [-0.2, 0) is 6.54 Å². The standard InChI is InChI=1S/C25H28N2O/c1-26(2)23-16-17-27(19-23)18-20-8-10-21(11-9-20)22-12-14-25(15-13-22)28-24-6-4-3-5-7-24/h3-15,23H,16-19H2,1-2H3. The lowest BCUT2D eigenvalue weighted by atomic mass is 10.0. The van der Waals surface area contributed by atoms with Gasteiger partial charge in [0.05, 0.1) is 0 Å². The molecule has 0 aliphatic carbocycles. The van der Waals surface area contributed by atoms with Gasteiger partial charge in [-0.1, -0.05) is 54.6 Å². The normalized spacial score (nSPS) is 17.2. The zero-order chi connectivity index (χ0) is 19.3. The number of para-hydroxylation sites is 1. The fourth-order valence-corrected chi connectivity index (χ4v) is 3.78. The summed E-state index contributed by atoms with van der Waals surface area (Å²) in [6, 6.07) is 27.8. The van der Waals surface area contributed by atoms with E-state index in [0.717, 1.165) is 24.6 Å². The lowest BCUT2D eigenvalue weighted by Gasteiger charge is -2.20. The number of likely N-dealkylation sites (tertiary alicyclic amines) is 1. The van der Waals surface area contributed by atoms with Crippen molar-refractivity contribution in [3.8, 4) is 22.6 Å². The Hall–Kier alpha value is -2.62. The first kappa shape index (κ1) is 18.7. The maximum atomic E-state index is 5.88. The van der Waals surface area contributed by atoms with Crippen LogP contribution in [0, 0.1) is 0 Å². The second-order valence-corrected chi connectivity index (χ2v) is 7.78. The monoisotopic (exact) mass is 372 g/mol. The third-order valence-electron chi connectivity index (χ3n) is 5.50. The topological polar surface area (TPSA) is 15.7 Å². The van der Waals surface area contributed by atoms with E-state index < -0.39 is 0 Å². The van der Waals surface area contributed by atoms with Crippen molar-refractivity contribution in [1.29, 1.82) is 0 Å². The molecule has 144 valence electrons. The Labute approximate surface area is 168 Å². The molecule has 0 spiro atoms. The van der Waals surface area contributed by atoms with Gasteiger partial charge in [-0.2, -0.15) is 0 Å². The third kappa shape index (κ3) is 4.61. The van der Waals surface area contributed by atoms with Gasteiger partial charge < -0.3 is 9.64 Å². The van der Waals surface area contributed by atoms with Crippen molar-refractivity contribution >= 4 is 0 Å². The van der Waals surface area contributed by atoms with Gasteiger partial charge in [0.15, 0.2) is 0 Å². The van der Waals surface area contributed by atoms with Crippen molar-refractivity contribution in [2.24, 2.45) is 0 Å². The van der Waals surface area contributed by atoms with Gasteiger partial charge in [-0.3, -0.25) is 4.90 Å². The van der Waals surface area contributed by atoms with Gasteiger partial charge in [0, 0.05) is 25.7 Å². The number of hydrogen-bond acceptors (Lipinski definition) is 3. The quantitative estimate of drug-likeness (QED) is 0.585. The Morgan fingerprint density at radius 3 is 2.04 bits per heavy atom. The maximum Gasteiger partial charge on any atom is 0.127 e. The SMILES string of the molecule is CN(C)C1CCN(Cc2ccc(-c3ccc(Oc4ccccc4)cc3)cc2)C1. The highest BCUT2D eigenvalue weighted by atomic mass is 16.5. The molecule has 0 aromatic heterocycles. The van der Waals surface area contributed by atoms with E-state index in [2.05, 4.69) is 60.3 Å². The molecule has 1 aliphatic heterocycles.